The van der Waals surface area contributed by atoms with E-state index >= 15 is 0 Å². The zero-order chi connectivity index (χ0) is 40.4. The van der Waals surface area contributed by atoms with Gasteiger partial charge in [-0.1, -0.05) is 116 Å². The van der Waals surface area contributed by atoms with Crippen LogP contribution in [0.15, 0.2) is 60.7 Å². The van der Waals surface area contributed by atoms with Gasteiger partial charge in [-0.25, -0.2) is 0 Å². The van der Waals surface area contributed by atoms with Crippen molar-refractivity contribution in [3.05, 3.63) is 71.8 Å². The minimum Gasteiger partial charge on any atom is -0.368 e. The van der Waals surface area contributed by atoms with Crippen LogP contribution in [-0.2, 0) is 41.6 Å². The zero-order valence-corrected chi connectivity index (χ0v) is 33.3. The van der Waals surface area contributed by atoms with Crippen LogP contribution in [0.5, 0.6) is 0 Å². The van der Waals surface area contributed by atoms with E-state index in [4.69, 9.17) is 5.73 Å². The fourth-order valence-corrected chi connectivity index (χ4v) is 6.02. The van der Waals surface area contributed by atoms with E-state index in [1.807, 2.05) is 107 Å². The molecule has 0 aliphatic heterocycles. The molecule has 0 spiro atoms. The molecule has 5 atom stereocenters. The standard InChI is InChI=1S/C41H63N7O6/c1-9-48(10-2)25-35(49)43-32(22-27(5)6)40(53)47-36(28(7)8)41(54)46-34(24-30-19-15-12-16-20-30)39(52)45-33(23-29-17-13-11-14-18-29)38(51)44-31(37(42)50)21-26(3)4/h11-20,26-28,31-34,36H,9-10,21-25H2,1-8H3,(H2,42,50)(H,43,49)(H,44,51)(H,45,52)(H,46,54)(H,47,53)/t31-,32-,33-,34-,36-/m1/s1. The summed E-state index contributed by atoms with van der Waals surface area (Å²) in [6.07, 6.45) is 0.880. The molecular weight excluding hydrogens is 686 g/mol. The van der Waals surface area contributed by atoms with Crippen molar-refractivity contribution in [3.8, 4) is 0 Å². The molecule has 0 radical (unpaired) electrons. The van der Waals surface area contributed by atoms with E-state index in [9.17, 15) is 28.8 Å². The van der Waals surface area contributed by atoms with Gasteiger partial charge in [0.15, 0.2) is 0 Å². The molecule has 2 rings (SSSR count). The molecule has 0 aliphatic carbocycles. The summed E-state index contributed by atoms with van der Waals surface area (Å²) in [4.78, 5) is 82.6. The highest BCUT2D eigenvalue weighted by Crippen LogP contribution is 2.12. The maximum absolute atomic E-state index is 14.2. The molecule has 7 N–H and O–H groups in total. The van der Waals surface area contributed by atoms with E-state index in [1.54, 1.807) is 13.8 Å². The third-order valence-electron chi connectivity index (χ3n) is 9.07. The number of primary amides is 1. The Bertz CT molecular complexity index is 1500. The zero-order valence-electron chi connectivity index (χ0n) is 33.3. The summed E-state index contributed by atoms with van der Waals surface area (Å²) in [7, 11) is 0. The summed E-state index contributed by atoms with van der Waals surface area (Å²) < 4.78 is 0. The number of nitrogens with one attached hydrogen (secondary N) is 5. The van der Waals surface area contributed by atoms with Gasteiger partial charge in [0.2, 0.25) is 35.4 Å². The molecule has 0 saturated heterocycles. The summed E-state index contributed by atoms with van der Waals surface area (Å²) in [5.74, 6) is -3.53. The van der Waals surface area contributed by atoms with Crippen LogP contribution in [0.4, 0.5) is 0 Å². The lowest BCUT2D eigenvalue weighted by molar-refractivity contribution is -0.135. The first-order chi connectivity index (χ1) is 25.5. The normalized spacial score (nSPS) is 14.1. The van der Waals surface area contributed by atoms with Crippen LogP contribution < -0.4 is 32.3 Å². The summed E-state index contributed by atoms with van der Waals surface area (Å²) in [6.45, 7) is 16.7. The minimum atomic E-state index is -1.15. The Balaban J connectivity index is 2.38. The number of benzene rings is 2. The van der Waals surface area contributed by atoms with Crippen molar-refractivity contribution in [2.24, 2.45) is 23.5 Å². The Morgan fingerprint density at radius 2 is 0.963 bits per heavy atom. The van der Waals surface area contributed by atoms with Gasteiger partial charge in [-0.3, -0.25) is 33.7 Å². The Kier molecular flexibility index (Phi) is 19.4. The van der Waals surface area contributed by atoms with Crippen LogP contribution >= 0.6 is 0 Å². The number of hydrogen-bond acceptors (Lipinski definition) is 7. The molecule has 0 saturated carbocycles. The smallest absolute Gasteiger partial charge is 0.243 e. The number of carbonyl (C=O) groups excluding carboxylic acids is 6. The number of nitrogens with zero attached hydrogens (tertiary/aromatic N) is 1. The molecule has 0 unspecified atom stereocenters. The van der Waals surface area contributed by atoms with Crippen molar-refractivity contribution in [1.29, 1.82) is 0 Å². The first-order valence-corrected chi connectivity index (χ1v) is 19.1. The van der Waals surface area contributed by atoms with Crippen molar-refractivity contribution in [2.75, 3.05) is 19.6 Å². The lowest BCUT2D eigenvalue weighted by atomic mass is 9.98. The lowest BCUT2D eigenvalue weighted by Gasteiger charge is -2.29. The van der Waals surface area contributed by atoms with Crippen molar-refractivity contribution in [2.45, 2.75) is 111 Å². The van der Waals surface area contributed by atoms with Crippen LogP contribution in [0.25, 0.3) is 0 Å². The highest BCUT2D eigenvalue weighted by molar-refractivity contribution is 5.96. The van der Waals surface area contributed by atoms with E-state index in [1.165, 1.54) is 0 Å². The molecule has 2 aromatic carbocycles. The van der Waals surface area contributed by atoms with Gasteiger partial charge in [0.1, 0.15) is 30.2 Å². The molecule has 0 aromatic heterocycles. The molecule has 0 aliphatic rings. The molecule has 0 bridgehead atoms. The Labute approximate surface area is 321 Å². The highest BCUT2D eigenvalue weighted by atomic mass is 16.2. The number of amides is 6. The van der Waals surface area contributed by atoms with Gasteiger partial charge in [-0.05, 0) is 54.8 Å². The third kappa shape index (κ3) is 16.1. The minimum absolute atomic E-state index is 0.0641. The molecule has 0 heterocycles. The number of hydrogen-bond donors (Lipinski definition) is 6. The number of carbonyl (C=O) groups is 6. The number of likely N-dealkylation sites (N-methyl/N-ethyl adjacent to an activating group) is 1. The topological polar surface area (TPSA) is 192 Å². The highest BCUT2D eigenvalue weighted by Gasteiger charge is 2.34. The van der Waals surface area contributed by atoms with Crippen molar-refractivity contribution >= 4 is 35.4 Å². The molecule has 298 valence electrons. The van der Waals surface area contributed by atoms with Gasteiger partial charge in [0.05, 0.1) is 6.54 Å². The van der Waals surface area contributed by atoms with Gasteiger partial charge in [0.25, 0.3) is 0 Å². The van der Waals surface area contributed by atoms with E-state index in [2.05, 4.69) is 26.6 Å². The summed E-state index contributed by atoms with van der Waals surface area (Å²) in [5.41, 5.74) is 7.14. The Morgan fingerprint density at radius 3 is 1.37 bits per heavy atom. The molecule has 2 aromatic rings. The van der Waals surface area contributed by atoms with E-state index in [-0.39, 0.29) is 43.0 Å². The third-order valence-corrected chi connectivity index (χ3v) is 9.07. The summed E-state index contributed by atoms with van der Waals surface area (Å²) in [5, 5.41) is 14.1. The molecule has 13 nitrogen and oxygen atoms in total. The quantitative estimate of drug-likeness (QED) is 0.101. The van der Waals surface area contributed by atoms with Crippen molar-refractivity contribution in [3.63, 3.8) is 0 Å². The van der Waals surface area contributed by atoms with Gasteiger partial charge in [-0.2, -0.15) is 0 Å². The first-order valence-electron chi connectivity index (χ1n) is 19.1. The molecule has 0 fully saturated rings. The molecule has 6 amide bonds. The van der Waals surface area contributed by atoms with Gasteiger partial charge in [-0.15, -0.1) is 0 Å². The lowest BCUT2D eigenvalue weighted by Crippen LogP contribution is -2.60. The average Bonchev–Trinajstić information content (AvgIpc) is 3.11. The average molecular weight is 750 g/mol. The van der Waals surface area contributed by atoms with Crippen LogP contribution in [0.3, 0.4) is 0 Å². The maximum Gasteiger partial charge on any atom is 0.243 e. The van der Waals surface area contributed by atoms with Gasteiger partial charge in [0, 0.05) is 12.8 Å². The van der Waals surface area contributed by atoms with Gasteiger partial charge < -0.3 is 32.3 Å². The second-order valence-electron chi connectivity index (χ2n) is 15.0. The van der Waals surface area contributed by atoms with Crippen LogP contribution in [0.1, 0.15) is 79.4 Å². The van der Waals surface area contributed by atoms with E-state index in [0.29, 0.717) is 25.9 Å². The SMILES string of the molecule is CCN(CC)CC(=O)N[C@H](CC(C)C)C(=O)N[C@@H](C(=O)N[C@H](Cc1ccccc1)C(=O)N[C@H](Cc1ccccc1)C(=O)N[C@H](CC(C)C)C(N)=O)C(C)C. The fraction of sp³-hybridized carbons (Fsp3) is 0.561. The molecule has 54 heavy (non-hydrogen) atoms. The monoisotopic (exact) mass is 749 g/mol. The van der Waals surface area contributed by atoms with Gasteiger partial charge >= 0.3 is 0 Å². The first kappa shape index (κ1) is 45.4. The van der Waals surface area contributed by atoms with Crippen molar-refractivity contribution in [1.82, 2.24) is 31.5 Å². The molecule has 13 heteroatoms. The van der Waals surface area contributed by atoms with E-state index < -0.39 is 59.7 Å². The summed E-state index contributed by atoms with van der Waals surface area (Å²) in [6, 6.07) is 13.1. The second kappa shape index (κ2) is 23.1. The fourth-order valence-electron chi connectivity index (χ4n) is 6.02. The van der Waals surface area contributed by atoms with Crippen LogP contribution in [-0.4, -0.2) is 90.2 Å². The van der Waals surface area contributed by atoms with E-state index in [0.717, 1.165) is 11.1 Å². The largest absolute Gasteiger partial charge is 0.368 e. The van der Waals surface area contributed by atoms with Crippen LogP contribution in [0, 0.1) is 17.8 Å². The second-order valence-corrected chi connectivity index (χ2v) is 15.0. The number of rotatable bonds is 23. The Morgan fingerprint density at radius 1 is 0.556 bits per heavy atom. The predicted octanol–water partition coefficient (Wildman–Crippen LogP) is 2.47. The Hall–Kier alpha value is -4.78. The van der Waals surface area contributed by atoms with Crippen molar-refractivity contribution < 1.29 is 28.8 Å². The van der Waals surface area contributed by atoms with Crippen LogP contribution in [0.2, 0.25) is 0 Å². The molecular formula is C41H63N7O6. The maximum atomic E-state index is 14.2. The predicted molar refractivity (Wildman–Crippen MR) is 211 cm³/mol. The number of nitrogens with two attached hydrogens (primary N) is 1. The summed E-state index contributed by atoms with van der Waals surface area (Å²) >= 11 is 0.